The Morgan fingerprint density at radius 3 is 2.14 bits per heavy atom. The first kappa shape index (κ1) is 21.1. The van der Waals surface area contributed by atoms with Gasteiger partial charge in [0.05, 0.1) is 10.6 Å². The van der Waals surface area contributed by atoms with Gasteiger partial charge < -0.3 is 5.32 Å². The van der Waals surface area contributed by atoms with E-state index in [2.05, 4.69) is 21.2 Å². The van der Waals surface area contributed by atoms with Gasteiger partial charge in [-0.25, -0.2) is 8.42 Å². The molecule has 1 N–H and O–H groups in total. The number of hydrogen-bond donors (Lipinski definition) is 1. The fraction of sp³-hybridized carbons (Fsp3) is 0.136. The molecule has 1 amide bonds. The highest BCUT2D eigenvalue weighted by atomic mass is 79.9. The Labute approximate surface area is 179 Å². The van der Waals surface area contributed by atoms with E-state index in [0.29, 0.717) is 11.4 Å². The van der Waals surface area contributed by atoms with Crippen LogP contribution >= 0.6 is 15.9 Å². The quantitative estimate of drug-likeness (QED) is 0.534. The van der Waals surface area contributed by atoms with Crippen molar-refractivity contribution in [3.63, 3.8) is 0 Å². The zero-order valence-corrected chi connectivity index (χ0v) is 18.3. The number of nitrogens with zero attached hydrogens (tertiary/aromatic N) is 1. The van der Waals surface area contributed by atoms with Crippen molar-refractivity contribution in [3.05, 3.63) is 88.9 Å². The van der Waals surface area contributed by atoms with Gasteiger partial charge in [-0.3, -0.25) is 9.10 Å². The summed E-state index contributed by atoms with van der Waals surface area (Å²) in [5, 5.41) is 2.75. The molecule has 7 heteroatoms. The van der Waals surface area contributed by atoms with Gasteiger partial charge in [0.25, 0.3) is 10.0 Å². The smallest absolute Gasteiger partial charge is 0.264 e. The van der Waals surface area contributed by atoms with Crippen LogP contribution in [0.2, 0.25) is 0 Å². The van der Waals surface area contributed by atoms with E-state index in [1.807, 2.05) is 19.1 Å². The summed E-state index contributed by atoms with van der Waals surface area (Å²) in [5.41, 5.74) is 2.12. The number of halogens is 1. The van der Waals surface area contributed by atoms with E-state index < -0.39 is 15.9 Å². The van der Waals surface area contributed by atoms with Crippen LogP contribution in [0, 0.1) is 0 Å². The van der Waals surface area contributed by atoms with Crippen molar-refractivity contribution in [1.29, 1.82) is 0 Å². The van der Waals surface area contributed by atoms with Crippen molar-refractivity contribution in [2.45, 2.75) is 18.2 Å². The Morgan fingerprint density at radius 2 is 1.55 bits per heavy atom. The van der Waals surface area contributed by atoms with Gasteiger partial charge in [-0.1, -0.05) is 53.2 Å². The lowest BCUT2D eigenvalue weighted by molar-refractivity contribution is -0.114. The molecule has 0 bridgehead atoms. The van der Waals surface area contributed by atoms with E-state index in [1.165, 1.54) is 12.1 Å². The monoisotopic (exact) mass is 472 g/mol. The van der Waals surface area contributed by atoms with E-state index in [9.17, 15) is 13.2 Å². The molecule has 0 saturated carbocycles. The van der Waals surface area contributed by atoms with Gasteiger partial charge in [0.15, 0.2) is 0 Å². The Balaban J connectivity index is 1.91. The first-order valence-corrected chi connectivity index (χ1v) is 11.4. The maximum Gasteiger partial charge on any atom is 0.264 e. The van der Waals surface area contributed by atoms with Crippen molar-refractivity contribution in [1.82, 2.24) is 0 Å². The molecule has 0 radical (unpaired) electrons. The standard InChI is InChI=1S/C22H21BrN2O3S/c1-2-17-8-14-20(15-9-17)25(29(27,28)21-6-4-3-5-7-21)16-22(26)24-19-12-10-18(23)11-13-19/h3-15H,2,16H2,1H3,(H,24,26). The van der Waals surface area contributed by atoms with Crippen LogP contribution < -0.4 is 9.62 Å². The summed E-state index contributed by atoms with van der Waals surface area (Å²) in [6, 6.07) is 22.4. The summed E-state index contributed by atoms with van der Waals surface area (Å²) in [5.74, 6) is -0.425. The number of sulfonamides is 1. The molecular formula is C22H21BrN2O3S. The molecule has 5 nitrogen and oxygen atoms in total. The van der Waals surface area contributed by atoms with Gasteiger partial charge in [-0.2, -0.15) is 0 Å². The van der Waals surface area contributed by atoms with E-state index in [0.717, 1.165) is 20.8 Å². The highest BCUT2D eigenvalue weighted by molar-refractivity contribution is 9.10. The van der Waals surface area contributed by atoms with E-state index >= 15 is 0 Å². The van der Waals surface area contributed by atoms with Crippen LogP contribution in [0.1, 0.15) is 12.5 Å². The maximum atomic E-state index is 13.3. The second kappa shape index (κ2) is 9.24. The minimum absolute atomic E-state index is 0.135. The minimum Gasteiger partial charge on any atom is -0.325 e. The van der Waals surface area contributed by atoms with Crippen molar-refractivity contribution in [2.24, 2.45) is 0 Å². The molecular weight excluding hydrogens is 452 g/mol. The molecule has 3 aromatic carbocycles. The van der Waals surface area contributed by atoms with Gasteiger partial charge in [0.2, 0.25) is 5.91 Å². The van der Waals surface area contributed by atoms with E-state index in [4.69, 9.17) is 0 Å². The predicted molar refractivity (Wildman–Crippen MR) is 120 cm³/mol. The first-order chi connectivity index (χ1) is 13.9. The molecule has 29 heavy (non-hydrogen) atoms. The number of hydrogen-bond acceptors (Lipinski definition) is 3. The van der Waals surface area contributed by atoms with Gasteiger partial charge >= 0.3 is 0 Å². The SMILES string of the molecule is CCc1ccc(N(CC(=O)Nc2ccc(Br)cc2)S(=O)(=O)c2ccccc2)cc1. The number of benzene rings is 3. The van der Waals surface area contributed by atoms with Crippen molar-refractivity contribution in [2.75, 3.05) is 16.2 Å². The second-order valence-corrected chi connectivity index (χ2v) is 9.18. The molecule has 0 spiro atoms. The maximum absolute atomic E-state index is 13.3. The summed E-state index contributed by atoms with van der Waals surface area (Å²) in [6.45, 7) is 1.69. The first-order valence-electron chi connectivity index (χ1n) is 9.12. The molecule has 0 aromatic heterocycles. The highest BCUT2D eigenvalue weighted by Gasteiger charge is 2.27. The van der Waals surface area contributed by atoms with Gasteiger partial charge in [-0.15, -0.1) is 0 Å². The second-order valence-electron chi connectivity index (χ2n) is 6.40. The number of carbonyl (C=O) groups is 1. The lowest BCUT2D eigenvalue weighted by atomic mass is 10.1. The summed E-state index contributed by atoms with van der Waals surface area (Å²) in [4.78, 5) is 12.8. The lowest BCUT2D eigenvalue weighted by Gasteiger charge is -2.24. The molecule has 0 aliphatic heterocycles. The Bertz CT molecular complexity index is 1070. The van der Waals surface area contributed by atoms with Crippen LogP contribution in [-0.4, -0.2) is 20.9 Å². The van der Waals surface area contributed by atoms with Gasteiger partial charge in [-0.05, 0) is 60.5 Å². The van der Waals surface area contributed by atoms with Crippen molar-refractivity contribution < 1.29 is 13.2 Å². The largest absolute Gasteiger partial charge is 0.325 e. The third kappa shape index (κ3) is 5.25. The molecule has 0 heterocycles. The van der Waals surface area contributed by atoms with Crippen LogP contribution in [0.25, 0.3) is 0 Å². The summed E-state index contributed by atoms with van der Waals surface area (Å²) in [7, 11) is -3.90. The van der Waals surface area contributed by atoms with E-state index in [-0.39, 0.29) is 11.4 Å². The molecule has 3 rings (SSSR count). The van der Waals surface area contributed by atoms with Crippen LogP contribution in [-0.2, 0) is 21.2 Å². The van der Waals surface area contributed by atoms with Gasteiger partial charge in [0.1, 0.15) is 6.54 Å². The summed E-state index contributed by atoms with van der Waals surface area (Å²) < 4.78 is 28.5. The normalized spacial score (nSPS) is 11.1. The van der Waals surface area contributed by atoms with Crippen LogP contribution in [0.5, 0.6) is 0 Å². The third-order valence-corrected chi connectivity index (χ3v) is 6.70. The Hall–Kier alpha value is -2.64. The van der Waals surface area contributed by atoms with Crippen LogP contribution in [0.3, 0.4) is 0 Å². The molecule has 0 saturated heterocycles. The molecule has 3 aromatic rings. The van der Waals surface area contributed by atoms with Gasteiger partial charge in [0, 0.05) is 10.2 Å². The van der Waals surface area contributed by atoms with E-state index in [1.54, 1.807) is 54.6 Å². The molecule has 0 unspecified atom stereocenters. The molecule has 0 aliphatic rings. The molecule has 150 valence electrons. The number of rotatable bonds is 7. The predicted octanol–water partition coefficient (Wildman–Crippen LogP) is 4.85. The topological polar surface area (TPSA) is 66.5 Å². The summed E-state index contributed by atoms with van der Waals surface area (Å²) >= 11 is 3.35. The molecule has 0 aliphatic carbocycles. The van der Waals surface area contributed by atoms with Crippen molar-refractivity contribution in [3.8, 4) is 0 Å². The summed E-state index contributed by atoms with van der Waals surface area (Å²) in [6.07, 6.45) is 0.843. The number of carbonyl (C=O) groups excluding carboxylic acids is 1. The van der Waals surface area contributed by atoms with Crippen molar-refractivity contribution >= 4 is 43.2 Å². The van der Waals surface area contributed by atoms with Crippen LogP contribution in [0.4, 0.5) is 11.4 Å². The minimum atomic E-state index is -3.90. The zero-order chi connectivity index (χ0) is 20.9. The zero-order valence-electron chi connectivity index (χ0n) is 15.9. The number of nitrogens with one attached hydrogen (secondary N) is 1. The number of amides is 1. The molecule has 0 atom stereocenters. The highest BCUT2D eigenvalue weighted by Crippen LogP contribution is 2.24. The van der Waals surface area contributed by atoms with Crippen LogP contribution in [0.15, 0.2) is 88.2 Å². The fourth-order valence-electron chi connectivity index (χ4n) is 2.80. The fourth-order valence-corrected chi connectivity index (χ4v) is 4.50. The number of aryl methyl sites for hydroxylation is 1. The number of anilines is 2. The molecule has 0 fully saturated rings. The Morgan fingerprint density at radius 1 is 0.931 bits per heavy atom. The average Bonchev–Trinajstić information content (AvgIpc) is 2.74. The average molecular weight is 473 g/mol. The lowest BCUT2D eigenvalue weighted by Crippen LogP contribution is -2.38. The Kier molecular flexibility index (Phi) is 6.71. The third-order valence-electron chi connectivity index (χ3n) is 4.38.